The molecule has 2 aromatic rings. The van der Waals surface area contributed by atoms with Gasteiger partial charge in [-0.1, -0.05) is 0 Å². The van der Waals surface area contributed by atoms with Gasteiger partial charge in [0, 0.05) is 30.5 Å². The Morgan fingerprint density at radius 1 is 1.45 bits per heavy atom. The van der Waals surface area contributed by atoms with Crippen molar-refractivity contribution in [2.75, 3.05) is 6.61 Å². The summed E-state index contributed by atoms with van der Waals surface area (Å²) in [6, 6.07) is -0.739. The Bertz CT molecular complexity index is 1130. The van der Waals surface area contributed by atoms with E-state index in [1.165, 1.54) is 11.2 Å². The van der Waals surface area contributed by atoms with Crippen molar-refractivity contribution in [3.63, 3.8) is 0 Å². The van der Waals surface area contributed by atoms with Crippen LogP contribution >= 0.6 is 0 Å². The Kier molecular flexibility index (Phi) is 4.80. The molecule has 2 atom stereocenters. The van der Waals surface area contributed by atoms with Gasteiger partial charge in [-0.05, 0) is 31.4 Å². The molecule has 1 saturated heterocycles. The maximum absolute atomic E-state index is 13.2. The van der Waals surface area contributed by atoms with Gasteiger partial charge in [0.15, 0.2) is 11.6 Å². The molecule has 31 heavy (non-hydrogen) atoms. The van der Waals surface area contributed by atoms with E-state index in [2.05, 4.69) is 25.0 Å². The topological polar surface area (TPSA) is 159 Å². The minimum Gasteiger partial charge on any atom is -0.462 e. The van der Waals surface area contributed by atoms with E-state index in [1.54, 1.807) is 40.8 Å². The number of azide groups is 1. The van der Waals surface area contributed by atoms with Crippen molar-refractivity contribution in [3.8, 4) is 0 Å². The number of nitrogens with zero attached hydrogens (tertiary/aromatic N) is 6. The van der Waals surface area contributed by atoms with Gasteiger partial charge in [0.1, 0.15) is 24.1 Å². The average Bonchev–Trinajstić information content (AvgIpc) is 3.29. The van der Waals surface area contributed by atoms with Crippen molar-refractivity contribution in [1.82, 2.24) is 19.9 Å². The van der Waals surface area contributed by atoms with Gasteiger partial charge in [-0.2, -0.15) is 0 Å². The second-order valence-corrected chi connectivity index (χ2v) is 8.66. The fourth-order valence-electron chi connectivity index (χ4n) is 3.84. The molecule has 12 nitrogen and oxygen atoms in total. The molecule has 2 aliphatic heterocycles. The minimum atomic E-state index is -0.948. The molecule has 1 amide bonds. The van der Waals surface area contributed by atoms with Gasteiger partial charge < -0.3 is 24.3 Å². The third-order valence-corrected chi connectivity index (χ3v) is 4.84. The molecule has 0 aliphatic carbocycles. The molecule has 2 aromatic heterocycles. The van der Waals surface area contributed by atoms with Gasteiger partial charge in [0.25, 0.3) is 0 Å². The number of aliphatic hydroxyl groups excluding tert-OH is 1. The van der Waals surface area contributed by atoms with Crippen molar-refractivity contribution >= 4 is 22.9 Å². The summed E-state index contributed by atoms with van der Waals surface area (Å²) in [5, 5.41) is 13.7. The Hall–Kier alpha value is -3.34. The number of aromatic amines is 1. The molecular formula is C19H23N7O5. The number of rotatable bonds is 3. The molecule has 1 fully saturated rings. The number of amides is 1. The van der Waals surface area contributed by atoms with Crippen LogP contribution in [0.25, 0.3) is 21.5 Å². The lowest BCUT2D eigenvalue weighted by atomic mass is 10.0. The van der Waals surface area contributed by atoms with E-state index in [0.717, 1.165) is 0 Å². The molecule has 0 bridgehead atoms. The third kappa shape index (κ3) is 3.54. The van der Waals surface area contributed by atoms with Gasteiger partial charge in [-0.25, -0.2) is 14.8 Å². The minimum absolute atomic E-state index is 0.125. The Labute approximate surface area is 177 Å². The highest BCUT2D eigenvalue weighted by molar-refractivity contribution is 5.88. The number of ether oxygens (including phenoxy) is 3. The number of hydrogen-bond acceptors (Lipinski definition) is 8. The van der Waals surface area contributed by atoms with Crippen LogP contribution in [0.1, 0.15) is 46.2 Å². The van der Waals surface area contributed by atoms with Gasteiger partial charge >= 0.3 is 6.09 Å². The molecule has 0 unspecified atom stereocenters. The average molecular weight is 429 g/mol. The summed E-state index contributed by atoms with van der Waals surface area (Å²) in [6.45, 7) is 8.30. The lowest BCUT2D eigenvalue weighted by Gasteiger charge is -2.32. The smallest absolute Gasteiger partial charge is 0.415 e. The van der Waals surface area contributed by atoms with Crippen molar-refractivity contribution in [3.05, 3.63) is 40.0 Å². The van der Waals surface area contributed by atoms with Crippen molar-refractivity contribution in [2.45, 2.75) is 58.2 Å². The fourth-order valence-corrected chi connectivity index (χ4v) is 3.84. The third-order valence-electron chi connectivity index (χ3n) is 4.84. The number of carbonyl (C=O) groups excluding carboxylic acids is 1. The van der Waals surface area contributed by atoms with E-state index >= 15 is 0 Å². The number of hydrogen-bond donors (Lipinski definition) is 2. The summed E-state index contributed by atoms with van der Waals surface area (Å²) in [5.74, 6) is -0.460. The lowest BCUT2D eigenvalue weighted by Crippen LogP contribution is -2.40. The van der Waals surface area contributed by atoms with E-state index in [1.807, 2.05) is 0 Å². The first-order valence-electron chi connectivity index (χ1n) is 9.66. The van der Waals surface area contributed by atoms with Crippen LogP contribution in [-0.4, -0.2) is 55.2 Å². The van der Waals surface area contributed by atoms with Gasteiger partial charge in [-0.15, -0.1) is 0 Å². The molecule has 2 N–H and O–H groups in total. The maximum atomic E-state index is 13.2. The Balaban J connectivity index is 1.88. The zero-order chi connectivity index (χ0) is 22.6. The second kappa shape index (κ2) is 7.12. The Morgan fingerprint density at radius 2 is 2.19 bits per heavy atom. The predicted molar refractivity (Wildman–Crippen MR) is 108 cm³/mol. The monoisotopic (exact) mass is 429 g/mol. The highest BCUT2D eigenvalue weighted by Gasteiger charge is 2.55. The van der Waals surface area contributed by atoms with E-state index in [4.69, 9.17) is 19.7 Å². The van der Waals surface area contributed by atoms with Crippen molar-refractivity contribution in [1.29, 1.82) is 0 Å². The maximum Gasteiger partial charge on any atom is 0.415 e. The predicted octanol–water partition coefficient (Wildman–Crippen LogP) is 3.55. The van der Waals surface area contributed by atoms with E-state index < -0.39 is 36.2 Å². The number of carbonyl (C=O) groups is 1. The van der Waals surface area contributed by atoms with E-state index in [0.29, 0.717) is 22.4 Å². The SMILES string of the molecule is CC(C)(C)OC(=O)N1C(CO)=C2OC(C)(C)O[C@H]2[C@@H]1c1c[nH]c2c(N=[N+]=[N-])ncnc12. The van der Waals surface area contributed by atoms with Crippen molar-refractivity contribution in [2.24, 2.45) is 5.11 Å². The van der Waals surface area contributed by atoms with Crippen LogP contribution in [0.2, 0.25) is 0 Å². The standard InChI is InChI=1S/C19H23N7O5/c1-18(2,3)31-17(28)26-10(7-27)14-15(30-19(4,5)29-14)13(26)9-6-21-12-11(9)22-8-23-16(12)24-25-20/h6,8,13,15,21,27H,7H2,1-5H3/t13-,15-/m0/s1. The van der Waals surface area contributed by atoms with Crippen LogP contribution in [0, 0.1) is 0 Å². The quantitative estimate of drug-likeness (QED) is 0.429. The van der Waals surface area contributed by atoms with Crippen LogP contribution in [-0.2, 0) is 14.2 Å². The summed E-state index contributed by atoms with van der Waals surface area (Å²) >= 11 is 0. The van der Waals surface area contributed by atoms with E-state index in [-0.39, 0.29) is 11.5 Å². The lowest BCUT2D eigenvalue weighted by molar-refractivity contribution is -0.145. The summed E-state index contributed by atoms with van der Waals surface area (Å²) in [6.07, 6.45) is 1.56. The van der Waals surface area contributed by atoms with Crippen LogP contribution in [0.5, 0.6) is 0 Å². The first-order chi connectivity index (χ1) is 14.6. The zero-order valence-electron chi connectivity index (χ0n) is 17.8. The number of aliphatic hydroxyl groups is 1. The summed E-state index contributed by atoms with van der Waals surface area (Å²) in [5.41, 5.74) is 9.74. The molecule has 0 aromatic carbocycles. The second-order valence-electron chi connectivity index (χ2n) is 8.66. The number of H-pyrrole nitrogens is 1. The molecule has 4 heterocycles. The summed E-state index contributed by atoms with van der Waals surface area (Å²) in [7, 11) is 0. The normalized spacial score (nSPS) is 22.3. The largest absolute Gasteiger partial charge is 0.462 e. The first-order valence-corrected chi connectivity index (χ1v) is 9.66. The molecule has 164 valence electrons. The molecule has 0 spiro atoms. The van der Waals surface area contributed by atoms with Gasteiger partial charge in [-0.3, -0.25) is 4.90 Å². The van der Waals surface area contributed by atoms with Crippen LogP contribution in [0.3, 0.4) is 0 Å². The number of nitrogens with one attached hydrogen (secondary N) is 1. The zero-order valence-corrected chi connectivity index (χ0v) is 17.8. The van der Waals surface area contributed by atoms with Crippen LogP contribution in [0.15, 0.2) is 29.1 Å². The van der Waals surface area contributed by atoms with Crippen LogP contribution in [0.4, 0.5) is 10.6 Å². The van der Waals surface area contributed by atoms with Gasteiger partial charge in [0.2, 0.25) is 5.79 Å². The highest BCUT2D eigenvalue weighted by Crippen LogP contribution is 2.50. The highest BCUT2D eigenvalue weighted by atomic mass is 16.7. The molecule has 2 aliphatic rings. The fraction of sp³-hybridized carbons (Fsp3) is 0.526. The molecule has 0 saturated carbocycles. The summed E-state index contributed by atoms with van der Waals surface area (Å²) in [4.78, 5) is 28.6. The van der Waals surface area contributed by atoms with Crippen molar-refractivity contribution < 1.29 is 24.1 Å². The molecule has 4 rings (SSSR count). The molecular weight excluding hydrogens is 406 g/mol. The first kappa shape index (κ1) is 20.9. The molecule has 12 heteroatoms. The number of fused-ring (bicyclic) bond motifs is 2. The number of aromatic nitrogens is 3. The van der Waals surface area contributed by atoms with E-state index in [9.17, 15) is 9.90 Å². The molecule has 0 radical (unpaired) electrons. The van der Waals surface area contributed by atoms with Crippen LogP contribution < -0.4 is 0 Å². The van der Waals surface area contributed by atoms with Gasteiger partial charge in [0.05, 0.1) is 23.3 Å². The summed E-state index contributed by atoms with van der Waals surface area (Å²) < 4.78 is 17.6. The Morgan fingerprint density at radius 3 is 2.84 bits per heavy atom.